The van der Waals surface area contributed by atoms with Gasteiger partial charge in [-0.25, -0.2) is 17.9 Å². The van der Waals surface area contributed by atoms with E-state index >= 15 is 0 Å². The molecule has 1 saturated heterocycles. The highest BCUT2D eigenvalue weighted by Crippen LogP contribution is 2.28. The molecule has 0 unspecified atom stereocenters. The Morgan fingerprint density at radius 3 is 2.69 bits per heavy atom. The third-order valence-corrected chi connectivity index (χ3v) is 5.31. The van der Waals surface area contributed by atoms with Crippen LogP contribution < -0.4 is 16.0 Å². The number of aliphatic hydroxyl groups is 2. The summed E-state index contributed by atoms with van der Waals surface area (Å²) in [5.74, 6) is 0. The second-order valence-electron chi connectivity index (χ2n) is 5.77. The number of aliphatic hydroxyl groups excluding tert-OH is 2. The first kappa shape index (κ1) is 18.5. The van der Waals surface area contributed by atoms with Gasteiger partial charge in [0.25, 0.3) is 5.56 Å². The molecule has 4 N–H and O–H groups in total. The highest BCUT2D eigenvalue weighted by molar-refractivity contribution is 7.89. The second kappa shape index (κ2) is 6.77. The monoisotopic (exact) mass is 387 g/mol. The molecule has 1 fully saturated rings. The number of hydrogen-bond donors (Lipinski definition) is 4. The van der Waals surface area contributed by atoms with Crippen LogP contribution in [-0.4, -0.2) is 62.8 Å². The Bertz CT molecular complexity index is 1010. The number of aromatic amines is 1. The summed E-state index contributed by atoms with van der Waals surface area (Å²) in [6.07, 6.45) is -1.76. The average molecular weight is 387 g/mol. The van der Waals surface area contributed by atoms with Gasteiger partial charge in [-0.1, -0.05) is 0 Å². The normalized spacial score (nSPS) is 26.3. The Morgan fingerprint density at radius 2 is 2.08 bits per heavy atom. The van der Waals surface area contributed by atoms with E-state index in [-0.39, 0.29) is 11.4 Å². The first-order chi connectivity index (χ1) is 12.2. The number of aryl methyl sites for hydroxylation is 1. The van der Waals surface area contributed by atoms with Crippen molar-refractivity contribution in [2.75, 3.05) is 6.54 Å². The summed E-state index contributed by atoms with van der Waals surface area (Å²) in [6, 6.07) is 1.06. The molecule has 0 radical (unpaired) electrons. The molecule has 13 heteroatoms. The molecule has 1 aliphatic heterocycles. The van der Waals surface area contributed by atoms with E-state index in [1.807, 2.05) is 4.98 Å². The lowest BCUT2D eigenvalue weighted by Gasteiger charge is -2.16. The zero-order valence-electron chi connectivity index (χ0n) is 13.5. The zero-order chi connectivity index (χ0) is 19.1. The van der Waals surface area contributed by atoms with Gasteiger partial charge in [0, 0.05) is 32.1 Å². The van der Waals surface area contributed by atoms with E-state index in [2.05, 4.69) is 9.82 Å². The van der Waals surface area contributed by atoms with Crippen LogP contribution in [0.2, 0.25) is 0 Å². The van der Waals surface area contributed by atoms with Crippen LogP contribution in [0.15, 0.2) is 39.1 Å². The predicted molar refractivity (Wildman–Crippen MR) is 85.6 cm³/mol. The molecule has 0 aliphatic carbocycles. The molecule has 26 heavy (non-hydrogen) atoms. The number of rotatable bonds is 5. The van der Waals surface area contributed by atoms with E-state index in [0.717, 1.165) is 23.0 Å². The quantitative estimate of drug-likeness (QED) is 0.417. The van der Waals surface area contributed by atoms with Crippen molar-refractivity contribution in [1.29, 1.82) is 0 Å². The zero-order valence-corrected chi connectivity index (χ0v) is 14.3. The molecule has 0 aromatic carbocycles. The van der Waals surface area contributed by atoms with E-state index in [4.69, 9.17) is 4.74 Å². The van der Waals surface area contributed by atoms with Crippen molar-refractivity contribution < 1.29 is 23.4 Å². The van der Waals surface area contributed by atoms with E-state index < -0.39 is 45.8 Å². The van der Waals surface area contributed by atoms with Gasteiger partial charge in [0.15, 0.2) is 6.23 Å². The maximum absolute atomic E-state index is 12.2. The Kier molecular flexibility index (Phi) is 4.81. The number of hydrogen-bond acceptors (Lipinski definition) is 8. The Hall–Kier alpha value is -2.32. The van der Waals surface area contributed by atoms with Crippen molar-refractivity contribution >= 4 is 10.0 Å². The van der Waals surface area contributed by atoms with Crippen LogP contribution in [0.5, 0.6) is 0 Å². The number of sulfonamides is 1. The molecular formula is C13H17N5O7S. The lowest BCUT2D eigenvalue weighted by atomic mass is 10.1. The van der Waals surface area contributed by atoms with E-state index in [9.17, 15) is 28.2 Å². The van der Waals surface area contributed by atoms with Crippen LogP contribution in [-0.2, 0) is 21.8 Å². The fourth-order valence-electron chi connectivity index (χ4n) is 2.57. The van der Waals surface area contributed by atoms with Gasteiger partial charge in [-0.2, -0.15) is 5.10 Å². The maximum atomic E-state index is 12.2. The van der Waals surface area contributed by atoms with E-state index in [1.54, 1.807) is 7.05 Å². The van der Waals surface area contributed by atoms with Crippen LogP contribution in [0.3, 0.4) is 0 Å². The van der Waals surface area contributed by atoms with Crippen molar-refractivity contribution in [3.63, 3.8) is 0 Å². The summed E-state index contributed by atoms with van der Waals surface area (Å²) >= 11 is 0. The van der Waals surface area contributed by atoms with Crippen LogP contribution in [0.25, 0.3) is 0 Å². The molecule has 2 aromatic rings. The second-order valence-corrected chi connectivity index (χ2v) is 7.53. The van der Waals surface area contributed by atoms with Crippen molar-refractivity contribution in [2.24, 2.45) is 7.05 Å². The van der Waals surface area contributed by atoms with Gasteiger partial charge in [-0.05, 0) is 0 Å². The number of aromatic nitrogens is 4. The number of nitrogens with zero attached hydrogens (tertiary/aromatic N) is 3. The SMILES string of the molecule is Cn1cc(S(=O)(=O)NC[C@H]2O[C@@H](n3ccc(=O)[nH]c3=O)[C@H](O)[C@@H]2O)cn1. The predicted octanol–water partition coefficient (Wildman–Crippen LogP) is -3.13. The summed E-state index contributed by atoms with van der Waals surface area (Å²) in [5, 5.41) is 24.0. The molecule has 0 bridgehead atoms. The van der Waals surface area contributed by atoms with Crippen LogP contribution in [0, 0.1) is 0 Å². The molecule has 0 amide bonds. The van der Waals surface area contributed by atoms with Gasteiger partial charge >= 0.3 is 5.69 Å². The number of ether oxygens (including phenoxy) is 1. The maximum Gasteiger partial charge on any atom is 0.330 e. The third-order valence-electron chi connectivity index (χ3n) is 3.93. The van der Waals surface area contributed by atoms with Gasteiger partial charge in [0.1, 0.15) is 23.2 Å². The number of H-pyrrole nitrogens is 1. The molecular weight excluding hydrogens is 370 g/mol. The van der Waals surface area contributed by atoms with Crippen molar-refractivity contribution in [2.45, 2.75) is 29.4 Å². The lowest BCUT2D eigenvalue weighted by molar-refractivity contribution is -0.0380. The highest BCUT2D eigenvalue weighted by atomic mass is 32.2. The largest absolute Gasteiger partial charge is 0.387 e. The molecule has 1 aliphatic rings. The fourth-order valence-corrected chi connectivity index (χ4v) is 3.60. The molecule has 12 nitrogen and oxygen atoms in total. The molecule has 2 aromatic heterocycles. The van der Waals surface area contributed by atoms with Crippen LogP contribution in [0.4, 0.5) is 0 Å². The van der Waals surface area contributed by atoms with Crippen LogP contribution in [0.1, 0.15) is 6.23 Å². The van der Waals surface area contributed by atoms with Crippen molar-refractivity contribution in [3.05, 3.63) is 45.5 Å². The Balaban J connectivity index is 1.74. The van der Waals surface area contributed by atoms with Gasteiger partial charge in [-0.3, -0.25) is 19.0 Å². The fraction of sp³-hybridized carbons (Fsp3) is 0.462. The Labute approximate surface area is 146 Å². The smallest absolute Gasteiger partial charge is 0.330 e. The third kappa shape index (κ3) is 3.47. The van der Waals surface area contributed by atoms with Gasteiger partial charge in [-0.15, -0.1) is 0 Å². The first-order valence-electron chi connectivity index (χ1n) is 7.50. The summed E-state index contributed by atoms with van der Waals surface area (Å²) in [7, 11) is -2.32. The summed E-state index contributed by atoms with van der Waals surface area (Å²) in [4.78, 5) is 24.9. The minimum Gasteiger partial charge on any atom is -0.387 e. The van der Waals surface area contributed by atoms with Crippen molar-refractivity contribution in [1.82, 2.24) is 24.1 Å². The average Bonchev–Trinajstić information content (AvgIpc) is 3.12. The topological polar surface area (TPSA) is 169 Å². The molecule has 142 valence electrons. The summed E-state index contributed by atoms with van der Waals surface area (Å²) in [5.41, 5.74) is -1.45. The summed E-state index contributed by atoms with van der Waals surface area (Å²) in [6.45, 7) is -0.343. The lowest BCUT2D eigenvalue weighted by Crippen LogP contribution is -2.40. The minimum atomic E-state index is -3.89. The van der Waals surface area contributed by atoms with Gasteiger partial charge in [0.2, 0.25) is 10.0 Å². The Morgan fingerprint density at radius 1 is 1.35 bits per heavy atom. The van der Waals surface area contributed by atoms with E-state index in [0.29, 0.717) is 0 Å². The minimum absolute atomic E-state index is 0.0681. The molecule has 3 rings (SSSR count). The highest BCUT2D eigenvalue weighted by Gasteiger charge is 2.44. The van der Waals surface area contributed by atoms with Crippen molar-refractivity contribution in [3.8, 4) is 0 Å². The summed E-state index contributed by atoms with van der Waals surface area (Å²) < 4.78 is 34.3. The molecule has 0 spiro atoms. The van der Waals surface area contributed by atoms with E-state index in [1.165, 1.54) is 10.9 Å². The molecule has 4 atom stereocenters. The van der Waals surface area contributed by atoms with Gasteiger partial charge < -0.3 is 14.9 Å². The standard InChI is InChI=1S/C13H17N5O7S/c1-17-6-7(4-14-17)26(23,24)15-5-8-10(20)11(21)12(25-8)18-3-2-9(19)16-13(18)22/h2-4,6,8,10-12,15,20-21H,5H2,1H3,(H,16,19,22)/t8-,10-,11-,12-/m1/s1. The number of nitrogens with one attached hydrogen (secondary N) is 2. The van der Waals surface area contributed by atoms with Gasteiger partial charge in [0.05, 0.1) is 6.20 Å². The van der Waals surface area contributed by atoms with Crippen LogP contribution >= 0.6 is 0 Å². The molecule has 0 saturated carbocycles. The first-order valence-corrected chi connectivity index (χ1v) is 8.99. The molecule has 3 heterocycles.